The van der Waals surface area contributed by atoms with Gasteiger partial charge in [-0.05, 0) is 37.5 Å². The Balaban J connectivity index is 2.77. The fourth-order valence-electron chi connectivity index (χ4n) is 1.70. The van der Waals surface area contributed by atoms with E-state index in [4.69, 9.17) is 5.73 Å². The van der Waals surface area contributed by atoms with Crippen molar-refractivity contribution < 1.29 is 4.79 Å². The molecule has 0 aromatic heterocycles. The van der Waals surface area contributed by atoms with Crippen molar-refractivity contribution in [2.75, 3.05) is 6.54 Å². The maximum atomic E-state index is 11.2. The fraction of sp³-hybridized carbons (Fsp3) is 0.500. The van der Waals surface area contributed by atoms with E-state index >= 15 is 0 Å². The monoisotopic (exact) mass is 290 g/mol. The molecular weight excluding hydrogens is 264 g/mol. The van der Waals surface area contributed by atoms with E-state index in [0.29, 0.717) is 24.1 Å². The molecule has 0 saturated carbocycles. The Labute approximate surface area is 127 Å². The van der Waals surface area contributed by atoms with Crippen LogP contribution in [0.1, 0.15) is 43.6 Å². The first kappa shape index (κ1) is 17.0. The highest BCUT2D eigenvalue weighted by atomic mass is 16.1. The molecule has 0 heterocycles. The van der Waals surface area contributed by atoms with Crippen LogP contribution in [-0.2, 0) is 6.54 Å². The smallest absolute Gasteiger partial charge is 0.248 e. The molecule has 21 heavy (non-hydrogen) atoms. The highest BCUT2D eigenvalue weighted by Gasteiger charge is 2.08. The van der Waals surface area contributed by atoms with E-state index in [1.807, 2.05) is 19.1 Å². The van der Waals surface area contributed by atoms with Gasteiger partial charge >= 0.3 is 0 Å². The number of guanidine groups is 1. The molecule has 5 nitrogen and oxygen atoms in total. The molecule has 1 aromatic rings. The van der Waals surface area contributed by atoms with E-state index in [1.54, 1.807) is 12.1 Å². The third-order valence-corrected chi connectivity index (χ3v) is 3.34. The van der Waals surface area contributed by atoms with Gasteiger partial charge in [0.15, 0.2) is 5.96 Å². The number of nitrogens with two attached hydrogens (primary N) is 1. The molecule has 0 saturated heterocycles. The molecule has 116 valence electrons. The number of carbonyl (C=O) groups is 1. The topological polar surface area (TPSA) is 79.5 Å². The largest absolute Gasteiger partial charge is 0.366 e. The molecule has 1 atom stereocenters. The minimum absolute atomic E-state index is 0.333. The first-order valence-electron chi connectivity index (χ1n) is 7.37. The molecule has 1 rings (SSSR count). The van der Waals surface area contributed by atoms with Gasteiger partial charge in [-0.2, -0.15) is 0 Å². The van der Waals surface area contributed by atoms with Gasteiger partial charge in [0.25, 0.3) is 0 Å². The second-order valence-corrected chi connectivity index (χ2v) is 5.44. The van der Waals surface area contributed by atoms with E-state index < -0.39 is 5.91 Å². The normalized spacial score (nSPS) is 13.1. The van der Waals surface area contributed by atoms with E-state index in [2.05, 4.69) is 36.4 Å². The number of hydrogen-bond donors (Lipinski definition) is 3. The molecule has 1 aromatic carbocycles. The van der Waals surface area contributed by atoms with E-state index in [0.717, 1.165) is 18.1 Å². The number of benzene rings is 1. The minimum atomic E-state index is -0.417. The van der Waals surface area contributed by atoms with Crippen molar-refractivity contribution in [2.24, 2.45) is 16.6 Å². The summed E-state index contributed by atoms with van der Waals surface area (Å²) < 4.78 is 0. The van der Waals surface area contributed by atoms with Crippen molar-refractivity contribution >= 4 is 11.9 Å². The standard InChI is InChI=1S/C16H26N4O/c1-5-18-16(20-12(4)11(2)3)19-10-13-7-6-8-14(9-13)15(17)21/h6-9,11-12H,5,10H2,1-4H3,(H2,17,21)(H2,18,19,20). The maximum absolute atomic E-state index is 11.2. The average molecular weight is 290 g/mol. The van der Waals surface area contributed by atoms with Gasteiger partial charge < -0.3 is 16.4 Å². The molecule has 0 radical (unpaired) electrons. The van der Waals surface area contributed by atoms with Crippen molar-refractivity contribution in [2.45, 2.75) is 40.3 Å². The lowest BCUT2D eigenvalue weighted by atomic mass is 10.1. The lowest BCUT2D eigenvalue weighted by Crippen LogP contribution is -2.44. The summed E-state index contributed by atoms with van der Waals surface area (Å²) in [5, 5.41) is 6.60. The van der Waals surface area contributed by atoms with E-state index in [9.17, 15) is 4.79 Å². The highest BCUT2D eigenvalue weighted by Crippen LogP contribution is 2.06. The van der Waals surface area contributed by atoms with Crippen LogP contribution >= 0.6 is 0 Å². The van der Waals surface area contributed by atoms with Crippen molar-refractivity contribution in [3.8, 4) is 0 Å². The summed E-state index contributed by atoms with van der Waals surface area (Å²) in [5.74, 6) is 0.884. The predicted molar refractivity (Wildman–Crippen MR) is 87.2 cm³/mol. The Morgan fingerprint density at radius 2 is 2.05 bits per heavy atom. The van der Waals surface area contributed by atoms with Gasteiger partial charge in [0.2, 0.25) is 5.91 Å². The summed E-state index contributed by atoms with van der Waals surface area (Å²) in [6.45, 7) is 9.80. The Kier molecular flexibility index (Phi) is 6.72. The summed E-state index contributed by atoms with van der Waals surface area (Å²) in [4.78, 5) is 15.7. The summed E-state index contributed by atoms with van der Waals surface area (Å²) in [5.41, 5.74) is 6.76. The molecule has 5 heteroatoms. The zero-order chi connectivity index (χ0) is 15.8. The number of rotatable bonds is 6. The van der Waals surface area contributed by atoms with Gasteiger partial charge in [-0.1, -0.05) is 26.0 Å². The molecule has 0 spiro atoms. The van der Waals surface area contributed by atoms with Crippen LogP contribution in [0.4, 0.5) is 0 Å². The molecule has 0 aliphatic heterocycles. The zero-order valence-corrected chi connectivity index (χ0v) is 13.3. The lowest BCUT2D eigenvalue weighted by Gasteiger charge is -2.20. The van der Waals surface area contributed by atoms with Crippen molar-refractivity contribution in [1.82, 2.24) is 10.6 Å². The Bertz CT molecular complexity index is 497. The Hall–Kier alpha value is -2.04. The van der Waals surface area contributed by atoms with Gasteiger partial charge in [0, 0.05) is 18.2 Å². The second kappa shape index (κ2) is 8.29. The SMILES string of the molecule is CCNC(=NCc1cccc(C(N)=O)c1)NC(C)C(C)C. The van der Waals surface area contributed by atoms with Gasteiger partial charge in [-0.3, -0.25) is 4.79 Å². The van der Waals surface area contributed by atoms with Crippen molar-refractivity contribution in [3.05, 3.63) is 35.4 Å². The fourth-order valence-corrected chi connectivity index (χ4v) is 1.70. The van der Waals surface area contributed by atoms with Crippen molar-refractivity contribution in [1.29, 1.82) is 0 Å². The van der Waals surface area contributed by atoms with E-state index in [1.165, 1.54) is 0 Å². The van der Waals surface area contributed by atoms with Crippen molar-refractivity contribution in [3.63, 3.8) is 0 Å². The molecule has 1 amide bonds. The van der Waals surface area contributed by atoms with Gasteiger partial charge in [0.05, 0.1) is 6.54 Å². The maximum Gasteiger partial charge on any atom is 0.248 e. The Morgan fingerprint density at radius 1 is 1.33 bits per heavy atom. The summed E-state index contributed by atoms with van der Waals surface area (Å²) in [6.07, 6.45) is 0. The lowest BCUT2D eigenvalue weighted by molar-refractivity contribution is 0.1000. The molecule has 0 aliphatic rings. The average Bonchev–Trinajstić information content (AvgIpc) is 2.45. The first-order chi connectivity index (χ1) is 9.93. The van der Waals surface area contributed by atoms with Crippen LogP contribution < -0.4 is 16.4 Å². The van der Waals surface area contributed by atoms with Crippen LogP contribution in [-0.4, -0.2) is 24.5 Å². The Morgan fingerprint density at radius 3 is 2.62 bits per heavy atom. The number of carbonyl (C=O) groups excluding carboxylic acids is 1. The number of hydrogen-bond acceptors (Lipinski definition) is 2. The van der Waals surface area contributed by atoms with Crippen LogP contribution in [0.3, 0.4) is 0 Å². The number of amides is 1. The predicted octanol–water partition coefficient (Wildman–Crippen LogP) is 1.89. The van der Waals surface area contributed by atoms with Crippen LogP contribution in [0.2, 0.25) is 0 Å². The van der Waals surface area contributed by atoms with Crippen LogP contribution in [0, 0.1) is 5.92 Å². The van der Waals surface area contributed by atoms with Crippen LogP contribution in [0.15, 0.2) is 29.3 Å². The van der Waals surface area contributed by atoms with Crippen LogP contribution in [0.25, 0.3) is 0 Å². The number of nitrogens with zero attached hydrogens (tertiary/aromatic N) is 1. The number of primary amides is 1. The second-order valence-electron chi connectivity index (χ2n) is 5.44. The van der Waals surface area contributed by atoms with Gasteiger partial charge in [-0.15, -0.1) is 0 Å². The quantitative estimate of drug-likeness (QED) is 0.553. The van der Waals surface area contributed by atoms with Crippen LogP contribution in [0.5, 0.6) is 0 Å². The van der Waals surface area contributed by atoms with Gasteiger partial charge in [-0.25, -0.2) is 4.99 Å². The molecule has 1 unspecified atom stereocenters. The summed E-state index contributed by atoms with van der Waals surface area (Å²) in [7, 11) is 0. The molecule has 0 fully saturated rings. The minimum Gasteiger partial charge on any atom is -0.366 e. The summed E-state index contributed by atoms with van der Waals surface area (Å²) >= 11 is 0. The summed E-state index contributed by atoms with van der Waals surface area (Å²) in [6, 6.07) is 7.58. The zero-order valence-electron chi connectivity index (χ0n) is 13.3. The third kappa shape index (κ3) is 5.85. The van der Waals surface area contributed by atoms with E-state index in [-0.39, 0.29) is 0 Å². The number of nitrogens with one attached hydrogen (secondary N) is 2. The van der Waals surface area contributed by atoms with Gasteiger partial charge in [0.1, 0.15) is 0 Å². The molecular formula is C16H26N4O. The first-order valence-corrected chi connectivity index (χ1v) is 7.37. The molecule has 0 aliphatic carbocycles. The molecule has 0 bridgehead atoms. The molecule has 4 N–H and O–H groups in total. The number of aliphatic imine (C=N–C) groups is 1. The third-order valence-electron chi connectivity index (χ3n) is 3.34. The highest BCUT2D eigenvalue weighted by molar-refractivity contribution is 5.92.